The minimum Gasteiger partial charge on any atom is -0.335 e. The Kier molecular flexibility index (Phi) is 4.95. The second-order valence-electron chi connectivity index (χ2n) is 6.64. The smallest absolute Gasteiger partial charge is 0.335 e. The van der Waals surface area contributed by atoms with E-state index in [0.717, 1.165) is 10.3 Å². The molecule has 144 valence electrons. The molecule has 27 heavy (non-hydrogen) atoms. The number of fused-ring (bicyclic) bond motifs is 1. The zero-order valence-corrected chi connectivity index (χ0v) is 14.5. The van der Waals surface area contributed by atoms with Crippen LogP contribution >= 0.6 is 0 Å². The molecule has 1 aromatic carbocycles. The first-order valence-electron chi connectivity index (χ1n) is 8.46. The maximum Gasteiger partial charge on any atom is 0.471 e. The molecule has 1 aromatic heterocycles. The number of H-pyrrole nitrogens is 1. The fraction of sp³-hybridized carbons (Fsp3) is 0.389. The predicted octanol–water partition coefficient (Wildman–Crippen LogP) is 2.58. The van der Waals surface area contributed by atoms with Gasteiger partial charge in [-0.05, 0) is 43.4 Å². The number of benzene rings is 1. The molecule has 2 amide bonds. The largest absolute Gasteiger partial charge is 0.471 e. The zero-order valence-electron chi connectivity index (χ0n) is 14.5. The van der Waals surface area contributed by atoms with E-state index in [1.807, 2.05) is 0 Å². The highest BCUT2D eigenvalue weighted by Gasteiger charge is 2.43. The van der Waals surface area contributed by atoms with Crippen molar-refractivity contribution < 1.29 is 22.8 Å². The Balaban J connectivity index is 1.65. The van der Waals surface area contributed by atoms with E-state index in [1.54, 1.807) is 31.2 Å². The number of carbonyl (C=O) groups excluding carboxylic acids is 2. The minimum absolute atomic E-state index is 0.110. The molecule has 1 fully saturated rings. The summed E-state index contributed by atoms with van der Waals surface area (Å²) in [5, 5.41) is 3.55. The highest BCUT2D eigenvalue weighted by Crippen LogP contribution is 2.25. The molecule has 0 bridgehead atoms. The lowest BCUT2D eigenvalue weighted by molar-refractivity contribution is -0.186. The molecule has 0 spiro atoms. The first kappa shape index (κ1) is 18.9. The molecule has 0 aliphatic carbocycles. The van der Waals surface area contributed by atoms with E-state index < -0.39 is 18.0 Å². The van der Waals surface area contributed by atoms with E-state index in [4.69, 9.17) is 0 Å². The molecule has 2 heterocycles. The van der Waals surface area contributed by atoms with Crippen LogP contribution in [-0.2, 0) is 9.59 Å². The van der Waals surface area contributed by atoms with Gasteiger partial charge in [-0.1, -0.05) is 6.07 Å². The number of alkyl halides is 3. The third kappa shape index (κ3) is 4.12. The normalized spacial score (nSPS) is 15.8. The number of carbonyl (C=O) groups is 2. The lowest BCUT2D eigenvalue weighted by Crippen LogP contribution is -2.46. The first-order valence-corrected chi connectivity index (χ1v) is 8.46. The molecule has 9 heteroatoms. The second-order valence-corrected chi connectivity index (χ2v) is 6.64. The van der Waals surface area contributed by atoms with Crippen molar-refractivity contribution in [2.75, 3.05) is 18.4 Å². The van der Waals surface area contributed by atoms with Crippen LogP contribution in [0.4, 0.5) is 18.9 Å². The van der Waals surface area contributed by atoms with E-state index in [0.29, 0.717) is 16.8 Å². The summed E-state index contributed by atoms with van der Waals surface area (Å²) in [6, 6.07) is 6.84. The lowest BCUT2D eigenvalue weighted by atomic mass is 9.95. The monoisotopic (exact) mass is 381 g/mol. The average Bonchev–Trinajstić information content (AvgIpc) is 2.61. The highest BCUT2D eigenvalue weighted by molar-refractivity contribution is 5.95. The number of aryl methyl sites for hydroxylation is 1. The van der Waals surface area contributed by atoms with E-state index in [-0.39, 0.29) is 37.4 Å². The topological polar surface area (TPSA) is 82.3 Å². The van der Waals surface area contributed by atoms with Gasteiger partial charge in [0.15, 0.2) is 0 Å². The maximum absolute atomic E-state index is 12.5. The summed E-state index contributed by atoms with van der Waals surface area (Å²) in [4.78, 5) is 38.8. The number of hydrogen-bond donors (Lipinski definition) is 2. The predicted molar refractivity (Wildman–Crippen MR) is 93.3 cm³/mol. The van der Waals surface area contributed by atoms with Crippen LogP contribution in [-0.4, -0.2) is 41.0 Å². The van der Waals surface area contributed by atoms with Crippen molar-refractivity contribution in [1.82, 2.24) is 9.88 Å². The molecule has 0 atom stereocenters. The van der Waals surface area contributed by atoms with E-state index in [9.17, 15) is 27.6 Å². The molecule has 6 nitrogen and oxygen atoms in total. The van der Waals surface area contributed by atoms with Gasteiger partial charge in [-0.25, -0.2) is 0 Å². The van der Waals surface area contributed by atoms with E-state index in [1.165, 1.54) is 0 Å². The van der Waals surface area contributed by atoms with Crippen LogP contribution in [0.5, 0.6) is 0 Å². The van der Waals surface area contributed by atoms with Crippen LogP contribution in [0.1, 0.15) is 18.4 Å². The van der Waals surface area contributed by atoms with E-state index in [2.05, 4.69) is 10.3 Å². The van der Waals surface area contributed by atoms with Crippen LogP contribution in [0.3, 0.4) is 0 Å². The number of nitrogens with one attached hydrogen (secondary N) is 2. The third-order valence-electron chi connectivity index (χ3n) is 4.69. The Hall–Kier alpha value is -2.84. The molecule has 3 rings (SSSR count). The van der Waals surface area contributed by atoms with Gasteiger partial charge in [-0.15, -0.1) is 0 Å². The highest BCUT2D eigenvalue weighted by atomic mass is 19.4. The molecular formula is C18H18F3N3O3. The number of nitrogens with zero attached hydrogens (tertiary/aromatic N) is 1. The Bertz CT molecular complexity index is 944. The summed E-state index contributed by atoms with van der Waals surface area (Å²) in [5.74, 6) is -2.66. The number of pyridine rings is 1. The standard InChI is InChI=1S/C18H18F3N3O3/c1-10-8-12-2-3-13(9-14(12)23-15(10)25)22-16(26)11-4-6-24(7-5-11)17(27)18(19,20)21/h2-3,8-9,11H,4-7H2,1H3,(H,22,26)(H,23,25). The fourth-order valence-electron chi connectivity index (χ4n) is 3.16. The summed E-state index contributed by atoms with van der Waals surface area (Å²) in [6.07, 6.45) is -4.57. The lowest BCUT2D eigenvalue weighted by Gasteiger charge is -2.31. The molecular weight excluding hydrogens is 363 g/mol. The summed E-state index contributed by atoms with van der Waals surface area (Å²) in [6.45, 7) is 1.48. The third-order valence-corrected chi connectivity index (χ3v) is 4.69. The number of aromatic nitrogens is 1. The second kappa shape index (κ2) is 7.05. The first-order chi connectivity index (χ1) is 12.6. The molecule has 1 saturated heterocycles. The number of likely N-dealkylation sites (tertiary alicyclic amines) is 1. The number of amides is 2. The zero-order chi connectivity index (χ0) is 19.8. The molecule has 0 unspecified atom stereocenters. The number of rotatable bonds is 2. The summed E-state index contributed by atoms with van der Waals surface area (Å²) in [7, 11) is 0. The number of piperidine rings is 1. The molecule has 1 aliphatic rings. The van der Waals surface area contributed by atoms with Gasteiger partial charge < -0.3 is 15.2 Å². The fourth-order valence-corrected chi connectivity index (χ4v) is 3.16. The van der Waals surface area contributed by atoms with Gasteiger partial charge in [0.2, 0.25) is 5.91 Å². The summed E-state index contributed by atoms with van der Waals surface area (Å²) in [5.41, 5.74) is 1.43. The minimum atomic E-state index is -4.89. The van der Waals surface area contributed by atoms with Crippen molar-refractivity contribution in [1.29, 1.82) is 0 Å². The summed E-state index contributed by atoms with van der Waals surface area (Å²) < 4.78 is 37.4. The molecule has 1 aliphatic heterocycles. The van der Waals surface area contributed by atoms with Gasteiger partial charge in [0.05, 0.1) is 5.52 Å². The molecule has 0 saturated carbocycles. The quantitative estimate of drug-likeness (QED) is 0.839. The Morgan fingerprint density at radius 1 is 1.19 bits per heavy atom. The van der Waals surface area contributed by atoms with Crippen LogP contribution < -0.4 is 10.9 Å². The molecule has 2 N–H and O–H groups in total. The van der Waals surface area contributed by atoms with Crippen LogP contribution in [0, 0.1) is 12.8 Å². The average molecular weight is 381 g/mol. The van der Waals surface area contributed by atoms with Gasteiger partial charge in [0.1, 0.15) is 0 Å². The number of hydrogen-bond acceptors (Lipinski definition) is 3. The SMILES string of the molecule is Cc1cc2ccc(NC(=O)C3CCN(C(=O)C(F)(F)F)CC3)cc2[nH]c1=O. The number of aromatic amines is 1. The maximum atomic E-state index is 12.5. The molecule has 0 radical (unpaired) electrons. The number of halogens is 3. The van der Waals surface area contributed by atoms with Crippen LogP contribution in [0.2, 0.25) is 0 Å². The van der Waals surface area contributed by atoms with Crippen molar-refractivity contribution in [2.45, 2.75) is 25.9 Å². The van der Waals surface area contributed by atoms with Crippen molar-refractivity contribution >= 4 is 28.4 Å². The van der Waals surface area contributed by atoms with E-state index >= 15 is 0 Å². The van der Waals surface area contributed by atoms with Gasteiger partial charge in [0.25, 0.3) is 5.56 Å². The summed E-state index contributed by atoms with van der Waals surface area (Å²) >= 11 is 0. The van der Waals surface area contributed by atoms with Gasteiger partial charge in [-0.2, -0.15) is 13.2 Å². The van der Waals surface area contributed by atoms with Crippen molar-refractivity contribution in [2.24, 2.45) is 5.92 Å². The van der Waals surface area contributed by atoms with Crippen molar-refractivity contribution in [3.8, 4) is 0 Å². The van der Waals surface area contributed by atoms with Crippen LogP contribution in [0.25, 0.3) is 10.9 Å². The van der Waals surface area contributed by atoms with Gasteiger partial charge in [0, 0.05) is 30.3 Å². The van der Waals surface area contributed by atoms with Crippen molar-refractivity contribution in [3.63, 3.8) is 0 Å². The van der Waals surface area contributed by atoms with Gasteiger partial charge in [-0.3, -0.25) is 14.4 Å². The van der Waals surface area contributed by atoms with Crippen LogP contribution in [0.15, 0.2) is 29.1 Å². The Labute approximate surface area is 152 Å². The Morgan fingerprint density at radius 2 is 1.85 bits per heavy atom. The van der Waals surface area contributed by atoms with Crippen molar-refractivity contribution in [3.05, 3.63) is 40.2 Å². The Morgan fingerprint density at radius 3 is 2.48 bits per heavy atom. The number of anilines is 1. The molecule has 2 aromatic rings. The van der Waals surface area contributed by atoms with Gasteiger partial charge >= 0.3 is 12.1 Å².